The Bertz CT molecular complexity index is 1260. The number of benzene rings is 2. The van der Waals surface area contributed by atoms with Crippen molar-refractivity contribution in [3.8, 4) is 22.4 Å². The molecule has 2 aliphatic carbocycles. The van der Waals surface area contributed by atoms with Crippen LogP contribution in [-0.4, -0.2) is 30.1 Å². The third-order valence-corrected chi connectivity index (χ3v) is 7.98. The molecule has 4 N–H and O–H groups in total. The van der Waals surface area contributed by atoms with Crippen LogP contribution in [0.5, 0.6) is 0 Å². The highest BCUT2D eigenvalue weighted by Crippen LogP contribution is 2.40. The van der Waals surface area contributed by atoms with Crippen LogP contribution in [0, 0.1) is 5.92 Å². The van der Waals surface area contributed by atoms with Crippen molar-refractivity contribution in [3.05, 3.63) is 72.4 Å². The molecular formula is C31H36N4O3. The van der Waals surface area contributed by atoms with Gasteiger partial charge in [-0.2, -0.15) is 0 Å². The number of aromatic nitrogens is 1. The molecule has 38 heavy (non-hydrogen) atoms. The van der Waals surface area contributed by atoms with E-state index in [4.69, 9.17) is 15.5 Å². The zero-order chi connectivity index (χ0) is 26.5. The van der Waals surface area contributed by atoms with Gasteiger partial charge in [-0.15, -0.1) is 0 Å². The molecule has 0 bridgehead atoms. The third-order valence-electron chi connectivity index (χ3n) is 7.98. The minimum Gasteiger partial charge on any atom is -0.446 e. The van der Waals surface area contributed by atoms with Crippen molar-refractivity contribution in [1.29, 1.82) is 0 Å². The number of nitrogens with two attached hydrogens (primary N) is 1. The number of rotatable bonds is 7. The zero-order valence-corrected chi connectivity index (χ0v) is 21.9. The average Bonchev–Trinajstić information content (AvgIpc) is 2.93. The van der Waals surface area contributed by atoms with Gasteiger partial charge in [-0.25, -0.2) is 4.79 Å². The lowest BCUT2D eigenvalue weighted by molar-refractivity contribution is -0.117. The summed E-state index contributed by atoms with van der Waals surface area (Å²) in [5.74, 6) is 0.257. The van der Waals surface area contributed by atoms with Gasteiger partial charge in [0.05, 0.1) is 17.6 Å². The van der Waals surface area contributed by atoms with E-state index in [1.807, 2.05) is 24.3 Å². The van der Waals surface area contributed by atoms with E-state index in [-0.39, 0.29) is 23.5 Å². The molecule has 0 unspecified atom stereocenters. The highest BCUT2D eigenvalue weighted by atomic mass is 16.6. The average molecular weight is 513 g/mol. The summed E-state index contributed by atoms with van der Waals surface area (Å²) in [5.41, 5.74) is 12.1. The first-order valence-corrected chi connectivity index (χ1v) is 13.6. The second-order valence-corrected chi connectivity index (χ2v) is 10.6. The Morgan fingerprint density at radius 2 is 1.71 bits per heavy atom. The molecule has 0 radical (unpaired) electrons. The van der Waals surface area contributed by atoms with Crippen LogP contribution in [0.2, 0.25) is 0 Å². The second-order valence-electron chi connectivity index (χ2n) is 10.6. The summed E-state index contributed by atoms with van der Waals surface area (Å²) in [6.07, 6.45) is 8.23. The van der Waals surface area contributed by atoms with Crippen LogP contribution < -0.4 is 16.4 Å². The fourth-order valence-corrected chi connectivity index (χ4v) is 5.55. The number of ether oxygens (including phenoxy) is 1. The first-order chi connectivity index (χ1) is 18.4. The van der Waals surface area contributed by atoms with Crippen LogP contribution in [0.25, 0.3) is 22.4 Å². The molecule has 2 amide bonds. The fourth-order valence-electron chi connectivity index (χ4n) is 5.55. The quantitative estimate of drug-likeness (QED) is 0.360. The van der Waals surface area contributed by atoms with Crippen LogP contribution in [0.15, 0.2) is 66.9 Å². The van der Waals surface area contributed by atoms with Crippen LogP contribution in [-0.2, 0) is 15.1 Å². The number of nitrogens with zero attached hydrogens (tertiary/aromatic N) is 1. The van der Waals surface area contributed by atoms with Crippen molar-refractivity contribution in [1.82, 2.24) is 10.3 Å². The number of hydrogen-bond donors (Lipinski definition) is 3. The second kappa shape index (κ2) is 11.4. The van der Waals surface area contributed by atoms with Crippen molar-refractivity contribution < 1.29 is 14.3 Å². The highest BCUT2D eigenvalue weighted by Gasteiger charge is 2.34. The first kappa shape index (κ1) is 25.9. The van der Waals surface area contributed by atoms with Gasteiger partial charge < -0.3 is 21.1 Å². The molecule has 3 aromatic rings. The maximum atomic E-state index is 12.9. The van der Waals surface area contributed by atoms with E-state index in [1.165, 1.54) is 12.0 Å². The van der Waals surface area contributed by atoms with Gasteiger partial charge in [0.1, 0.15) is 6.10 Å². The van der Waals surface area contributed by atoms with E-state index in [0.29, 0.717) is 12.1 Å². The lowest BCUT2D eigenvalue weighted by Gasteiger charge is -2.38. The van der Waals surface area contributed by atoms with Crippen LogP contribution in [0.1, 0.15) is 56.9 Å². The Labute approximate surface area is 224 Å². The monoisotopic (exact) mass is 512 g/mol. The topological polar surface area (TPSA) is 106 Å². The van der Waals surface area contributed by atoms with Gasteiger partial charge in [-0.05, 0) is 68.1 Å². The number of carbonyl (C=O) groups is 2. The maximum absolute atomic E-state index is 12.9. The molecule has 7 heteroatoms. The van der Waals surface area contributed by atoms with Gasteiger partial charge >= 0.3 is 6.09 Å². The summed E-state index contributed by atoms with van der Waals surface area (Å²) in [4.78, 5) is 29.2. The van der Waals surface area contributed by atoms with Crippen molar-refractivity contribution in [2.75, 3.05) is 12.4 Å². The van der Waals surface area contributed by atoms with Gasteiger partial charge in [-0.3, -0.25) is 9.78 Å². The third kappa shape index (κ3) is 5.89. The summed E-state index contributed by atoms with van der Waals surface area (Å²) in [7, 11) is 1.56. The smallest absolute Gasteiger partial charge is 0.407 e. The SMILES string of the molecule is CNC(=O)O[C@H]1CC[C@H](CC(=O)Nc2cnc(-c3ccc(C4(N)CCC4)cc3)c(-c3ccccc3)c2)CC1. The maximum Gasteiger partial charge on any atom is 0.407 e. The molecule has 0 saturated heterocycles. The molecule has 0 spiro atoms. The summed E-state index contributed by atoms with van der Waals surface area (Å²) in [6, 6.07) is 20.6. The number of alkyl carbamates (subject to hydrolysis) is 1. The first-order valence-electron chi connectivity index (χ1n) is 13.6. The predicted octanol–water partition coefficient (Wildman–Crippen LogP) is 6.00. The van der Waals surface area contributed by atoms with Gasteiger partial charge in [0.25, 0.3) is 0 Å². The van der Waals surface area contributed by atoms with Crippen molar-refractivity contribution in [3.63, 3.8) is 0 Å². The molecule has 0 aliphatic heterocycles. The molecule has 0 atom stereocenters. The van der Waals surface area contributed by atoms with E-state index in [0.717, 1.165) is 60.9 Å². The summed E-state index contributed by atoms with van der Waals surface area (Å²) in [5, 5.41) is 5.55. The molecule has 5 rings (SSSR count). The van der Waals surface area contributed by atoms with Crippen molar-refractivity contribution in [2.45, 2.75) is 63.0 Å². The predicted molar refractivity (Wildman–Crippen MR) is 149 cm³/mol. The molecule has 7 nitrogen and oxygen atoms in total. The molecule has 1 aromatic heterocycles. The molecule has 198 valence electrons. The van der Waals surface area contributed by atoms with E-state index in [9.17, 15) is 9.59 Å². The van der Waals surface area contributed by atoms with E-state index < -0.39 is 6.09 Å². The van der Waals surface area contributed by atoms with Crippen molar-refractivity contribution in [2.24, 2.45) is 11.7 Å². The zero-order valence-electron chi connectivity index (χ0n) is 21.9. The summed E-state index contributed by atoms with van der Waals surface area (Å²) < 4.78 is 5.36. The van der Waals surface area contributed by atoms with E-state index >= 15 is 0 Å². The minimum atomic E-state index is -0.394. The Morgan fingerprint density at radius 1 is 1.00 bits per heavy atom. The summed E-state index contributed by atoms with van der Waals surface area (Å²) >= 11 is 0. The number of anilines is 1. The Kier molecular flexibility index (Phi) is 7.74. The number of amides is 2. The highest BCUT2D eigenvalue weighted by molar-refractivity contribution is 5.93. The Morgan fingerprint density at radius 3 is 2.34 bits per heavy atom. The molecular weight excluding hydrogens is 476 g/mol. The minimum absolute atomic E-state index is 0.0210. The number of hydrogen-bond acceptors (Lipinski definition) is 5. The lowest BCUT2D eigenvalue weighted by Crippen LogP contribution is -2.43. The number of nitrogens with one attached hydrogen (secondary N) is 2. The van der Waals surface area contributed by atoms with Gasteiger partial charge in [0.2, 0.25) is 5.91 Å². The van der Waals surface area contributed by atoms with Crippen molar-refractivity contribution >= 4 is 17.7 Å². The molecule has 2 aliphatic rings. The number of pyridine rings is 1. The van der Waals surface area contributed by atoms with E-state index in [2.05, 4.69) is 47.0 Å². The molecule has 2 fully saturated rings. The standard InChI is InChI=1S/C31H36N4O3/c1-33-30(37)38-26-14-8-21(9-15-26)18-28(36)35-25-19-27(22-6-3-2-4-7-22)29(34-20-25)23-10-12-24(13-11-23)31(32)16-5-17-31/h2-4,6-7,10-13,19-21,26H,5,8-9,14-18,32H2,1H3,(H,33,37)(H,35,36)/t21-,26-. The Balaban J connectivity index is 1.29. The van der Waals surface area contributed by atoms with Crippen LogP contribution in [0.4, 0.5) is 10.5 Å². The molecule has 2 saturated carbocycles. The fraction of sp³-hybridized carbons (Fsp3) is 0.387. The van der Waals surface area contributed by atoms with Gasteiger partial charge in [-0.1, -0.05) is 54.6 Å². The molecule has 1 heterocycles. The Hall–Kier alpha value is -3.71. The van der Waals surface area contributed by atoms with E-state index in [1.54, 1.807) is 13.2 Å². The normalized spacial score (nSPS) is 20.2. The molecule has 2 aromatic carbocycles. The van der Waals surface area contributed by atoms with Crippen LogP contribution in [0.3, 0.4) is 0 Å². The van der Waals surface area contributed by atoms with Gasteiger partial charge in [0, 0.05) is 30.1 Å². The number of carbonyl (C=O) groups excluding carboxylic acids is 2. The largest absolute Gasteiger partial charge is 0.446 e. The summed E-state index contributed by atoms with van der Waals surface area (Å²) in [6.45, 7) is 0. The van der Waals surface area contributed by atoms with Gasteiger partial charge in [0.15, 0.2) is 0 Å². The van der Waals surface area contributed by atoms with Crippen LogP contribution >= 0.6 is 0 Å². The lowest BCUT2D eigenvalue weighted by atomic mass is 9.72.